The summed E-state index contributed by atoms with van der Waals surface area (Å²) in [6, 6.07) is 10.8. The maximum Gasteiger partial charge on any atom is 0.159 e. The second-order valence-electron chi connectivity index (χ2n) is 9.28. The molecule has 6 nitrogen and oxygen atoms in total. The van der Waals surface area contributed by atoms with E-state index in [2.05, 4.69) is 49.8 Å². The van der Waals surface area contributed by atoms with E-state index in [0.717, 1.165) is 49.4 Å². The van der Waals surface area contributed by atoms with Crippen LogP contribution in [0, 0.1) is 5.82 Å². The number of fused-ring (bicyclic) bond motifs is 1. The minimum atomic E-state index is -1.43. The van der Waals surface area contributed by atoms with Crippen molar-refractivity contribution in [1.82, 2.24) is 24.9 Å². The first-order chi connectivity index (χ1) is 18.6. The summed E-state index contributed by atoms with van der Waals surface area (Å²) in [4.78, 5) is 12.5. The van der Waals surface area contributed by atoms with Gasteiger partial charge in [0.25, 0.3) is 0 Å². The highest BCUT2D eigenvalue weighted by Crippen LogP contribution is 2.30. The van der Waals surface area contributed by atoms with Crippen molar-refractivity contribution in [3.8, 4) is 22.6 Å². The molecule has 4 rings (SSSR count). The van der Waals surface area contributed by atoms with Crippen LogP contribution in [0.3, 0.4) is 0 Å². The van der Waals surface area contributed by atoms with Crippen LogP contribution in [0.2, 0.25) is 0 Å². The Morgan fingerprint density at radius 3 is 2.69 bits per heavy atom. The summed E-state index contributed by atoms with van der Waals surface area (Å²) >= 11 is 0. The fourth-order valence-corrected chi connectivity index (χ4v) is 4.65. The quantitative estimate of drug-likeness (QED) is 0.152. The van der Waals surface area contributed by atoms with Gasteiger partial charge in [0.2, 0.25) is 0 Å². The first-order valence-corrected chi connectivity index (χ1v) is 14.7. The van der Waals surface area contributed by atoms with Crippen molar-refractivity contribution in [2.45, 2.75) is 20.4 Å². The summed E-state index contributed by atoms with van der Waals surface area (Å²) in [6.45, 7) is 12.3. The molecule has 0 aliphatic heterocycles. The van der Waals surface area contributed by atoms with E-state index in [-0.39, 0.29) is 5.82 Å². The number of aromatic amines is 2. The number of aliphatic imine (C=N–C) groups is 1. The van der Waals surface area contributed by atoms with E-state index in [1.54, 1.807) is 18.5 Å². The van der Waals surface area contributed by atoms with Crippen molar-refractivity contribution in [2.24, 2.45) is 4.99 Å². The smallest absolute Gasteiger partial charge is 0.159 e. The highest BCUT2D eigenvalue weighted by atomic mass is 32.2. The third-order valence-corrected chi connectivity index (χ3v) is 6.87. The third-order valence-electron chi connectivity index (χ3n) is 6.02. The van der Waals surface area contributed by atoms with Crippen LogP contribution in [0.5, 0.6) is 0 Å². The molecule has 8 heteroatoms. The lowest BCUT2D eigenvalue weighted by molar-refractivity contribution is 0.625. The highest BCUT2D eigenvalue weighted by molar-refractivity contribution is 8.25. The molecule has 2 heterocycles. The van der Waals surface area contributed by atoms with Crippen LogP contribution in [-0.4, -0.2) is 44.4 Å². The van der Waals surface area contributed by atoms with Crippen molar-refractivity contribution >= 4 is 50.5 Å². The van der Waals surface area contributed by atoms with Gasteiger partial charge in [0.1, 0.15) is 11.5 Å². The number of aromatic nitrogens is 4. The molecule has 0 saturated heterocycles. The Kier molecular flexibility index (Phi) is 8.28. The van der Waals surface area contributed by atoms with Crippen LogP contribution >= 0.6 is 9.39 Å². The second kappa shape index (κ2) is 11.6. The summed E-state index contributed by atoms with van der Waals surface area (Å²) in [7, 11) is -1.43. The van der Waals surface area contributed by atoms with Crippen molar-refractivity contribution in [2.75, 3.05) is 6.26 Å². The summed E-state index contributed by atoms with van der Waals surface area (Å²) in [6.07, 6.45) is 11.0. The maximum atomic E-state index is 14.7. The second-order valence-corrected chi connectivity index (χ2v) is 12.1. The first-order valence-electron chi connectivity index (χ1n) is 12.3. The van der Waals surface area contributed by atoms with Crippen molar-refractivity contribution in [3.05, 3.63) is 94.9 Å². The number of rotatable bonds is 9. The monoisotopic (exact) mass is 540 g/mol. The van der Waals surface area contributed by atoms with Gasteiger partial charge in [-0.15, -0.1) is 0 Å². The van der Waals surface area contributed by atoms with Gasteiger partial charge in [-0.25, -0.2) is 9.37 Å². The molecule has 0 aliphatic carbocycles. The van der Waals surface area contributed by atoms with Gasteiger partial charge in [-0.1, -0.05) is 49.2 Å². The lowest BCUT2D eigenvalue weighted by atomic mass is 10.0. The number of allylic oxidation sites excluding steroid dienone is 3. The normalized spacial score (nSPS) is 13.6. The van der Waals surface area contributed by atoms with Gasteiger partial charge < -0.3 is 4.98 Å². The zero-order valence-corrected chi connectivity index (χ0v) is 23.3. The van der Waals surface area contributed by atoms with E-state index in [4.69, 9.17) is 4.98 Å². The Morgan fingerprint density at radius 2 is 2.00 bits per heavy atom. The highest BCUT2D eigenvalue weighted by Gasteiger charge is 2.15. The summed E-state index contributed by atoms with van der Waals surface area (Å²) < 4.78 is 18.0. The molecular weight excluding hydrogens is 507 g/mol. The number of benzene rings is 2. The first kappa shape index (κ1) is 27.8. The molecular formula is C31H33FN6S. The molecule has 2 aromatic carbocycles. The van der Waals surface area contributed by atoms with Gasteiger partial charge in [-0.3, -0.25) is 14.8 Å². The molecule has 0 amide bonds. The topological polar surface area (TPSA) is 81.8 Å². The van der Waals surface area contributed by atoms with Crippen LogP contribution in [0.25, 0.3) is 45.8 Å². The molecule has 0 radical (unpaired) electrons. The molecule has 39 heavy (non-hydrogen) atoms. The molecule has 0 saturated carbocycles. The number of nitrogens with zero attached hydrogens (tertiary/aromatic N) is 3. The number of H-pyrrole nitrogens is 2. The van der Waals surface area contributed by atoms with Crippen LogP contribution in [0.4, 0.5) is 4.39 Å². The van der Waals surface area contributed by atoms with E-state index >= 15 is 0 Å². The third kappa shape index (κ3) is 6.42. The summed E-state index contributed by atoms with van der Waals surface area (Å²) in [5.74, 6) is 8.36. The molecule has 0 atom stereocenters. The van der Waals surface area contributed by atoms with E-state index in [9.17, 15) is 4.39 Å². The summed E-state index contributed by atoms with van der Waals surface area (Å²) in [5.41, 5.74) is 6.09. The van der Waals surface area contributed by atoms with E-state index in [1.807, 2.05) is 56.5 Å². The van der Waals surface area contributed by atoms with Gasteiger partial charge in [0.05, 0.1) is 16.4 Å². The number of nitrogens with one attached hydrogen (secondary N) is 3. The van der Waals surface area contributed by atoms with Gasteiger partial charge >= 0.3 is 0 Å². The van der Waals surface area contributed by atoms with E-state index < -0.39 is 9.39 Å². The van der Waals surface area contributed by atoms with Gasteiger partial charge in [0, 0.05) is 29.7 Å². The van der Waals surface area contributed by atoms with Gasteiger partial charge in [-0.2, -0.15) is 14.5 Å². The standard InChI is InChI=1S/C31H33FN6S/c1-8-22(19-33-10-3)20(4)14-26-27(9-2)37-38-30(26)31-35-28-13-11-12-25(29(28)36-31)23-15-21(16-24(32)17-23)18-34-39(5,6)7/h8-17,19,34,37H,1,4-6,18H2,2-3,7H3,(H,35,36)/b22-19+,26-14+,27-9+,33-10?. The number of hydrogen-bond acceptors (Lipinski definition) is 4. The van der Waals surface area contributed by atoms with Crippen LogP contribution in [-0.2, 0) is 6.54 Å². The number of hydrogen-bond donors (Lipinski definition) is 3. The van der Waals surface area contributed by atoms with E-state index in [1.165, 1.54) is 12.1 Å². The van der Waals surface area contributed by atoms with Gasteiger partial charge in [-0.05, 0) is 72.7 Å². The predicted octanol–water partition coefficient (Wildman–Crippen LogP) is 5.36. The fraction of sp³-hybridized carbons (Fsp3) is 0.129. The Morgan fingerprint density at radius 1 is 1.21 bits per heavy atom. The average molecular weight is 541 g/mol. The zero-order chi connectivity index (χ0) is 28.2. The predicted molar refractivity (Wildman–Crippen MR) is 169 cm³/mol. The van der Waals surface area contributed by atoms with Crippen LogP contribution < -0.4 is 15.3 Å². The fourth-order valence-electron chi connectivity index (χ4n) is 4.13. The molecule has 3 N–H and O–H groups in total. The average Bonchev–Trinajstić information content (AvgIpc) is 3.50. The number of imidazole rings is 1. The molecule has 0 fully saturated rings. The molecule has 0 unspecified atom stereocenters. The lowest BCUT2D eigenvalue weighted by Crippen LogP contribution is -2.24. The van der Waals surface area contributed by atoms with Crippen LogP contribution in [0.1, 0.15) is 19.4 Å². The number of halogens is 1. The van der Waals surface area contributed by atoms with E-state index in [0.29, 0.717) is 18.1 Å². The largest absolute Gasteiger partial charge is 0.337 e. The Balaban J connectivity index is 1.83. The lowest BCUT2D eigenvalue weighted by Gasteiger charge is -2.12. The van der Waals surface area contributed by atoms with Crippen molar-refractivity contribution in [3.63, 3.8) is 0 Å². The van der Waals surface area contributed by atoms with Crippen molar-refractivity contribution < 1.29 is 4.39 Å². The molecule has 0 bridgehead atoms. The van der Waals surface area contributed by atoms with Crippen LogP contribution in [0.15, 0.2) is 78.0 Å². The molecule has 4 aromatic rings. The summed E-state index contributed by atoms with van der Waals surface area (Å²) in [5, 5.41) is 9.31. The molecule has 2 aromatic heterocycles. The number of para-hydroxylation sites is 1. The maximum absolute atomic E-state index is 14.7. The Labute approximate surface area is 228 Å². The van der Waals surface area contributed by atoms with Gasteiger partial charge in [0.15, 0.2) is 5.82 Å². The molecule has 200 valence electrons. The van der Waals surface area contributed by atoms with Crippen molar-refractivity contribution in [1.29, 1.82) is 0 Å². The minimum absolute atomic E-state index is 0.314. The molecule has 0 spiro atoms. The SMILES string of the molecule is C=C/C(=C\N=CC)C(=C)/C=c1/c(-c2nc3c(-c4cc(F)cc(CNS(=C)(=C)C)c4)cccc3[nH]2)n[nH]/c1=C/C. The minimum Gasteiger partial charge on any atom is -0.337 e. The zero-order valence-electron chi connectivity index (χ0n) is 22.5. The molecule has 0 aliphatic rings. The Hall–Kier alpha value is -4.27. The Bertz CT molecular complexity index is 1850.